The summed E-state index contributed by atoms with van der Waals surface area (Å²) in [5, 5.41) is 3.16. The Morgan fingerprint density at radius 1 is 1.21 bits per heavy atom. The summed E-state index contributed by atoms with van der Waals surface area (Å²) in [4.78, 5) is 26.0. The summed E-state index contributed by atoms with van der Waals surface area (Å²) in [6, 6.07) is -0.163. The van der Waals surface area contributed by atoms with Gasteiger partial charge in [-0.2, -0.15) is 0 Å². The van der Waals surface area contributed by atoms with Crippen LogP contribution in [0, 0.1) is 0 Å². The van der Waals surface area contributed by atoms with Gasteiger partial charge >= 0.3 is 0 Å². The summed E-state index contributed by atoms with van der Waals surface area (Å²) in [6.45, 7) is 4.37. The van der Waals surface area contributed by atoms with E-state index >= 15 is 0 Å². The lowest BCUT2D eigenvalue weighted by atomic mass is 10.1. The minimum atomic E-state index is -0.310. The van der Waals surface area contributed by atoms with E-state index in [1.165, 1.54) is 12.8 Å². The Hall–Kier alpha value is -1.16. The number of nitrogens with zero attached hydrogens (tertiary/aromatic N) is 1. The zero-order valence-electron chi connectivity index (χ0n) is 11.6. The van der Waals surface area contributed by atoms with E-state index in [4.69, 9.17) is 0 Å². The third-order valence-electron chi connectivity index (χ3n) is 4.11. The van der Waals surface area contributed by atoms with E-state index in [9.17, 15) is 9.59 Å². The summed E-state index contributed by atoms with van der Waals surface area (Å²) >= 11 is 0. The van der Waals surface area contributed by atoms with Crippen molar-refractivity contribution < 1.29 is 9.59 Å². The summed E-state index contributed by atoms with van der Waals surface area (Å²) in [5.74, 6) is -0.00559. The average molecular weight is 264 g/mol. The molecule has 106 valence electrons. The first-order valence-corrected chi connectivity index (χ1v) is 7.44. The molecular weight excluding hydrogens is 240 g/mol. The zero-order chi connectivity index (χ0) is 13.7. The van der Waals surface area contributed by atoms with Crippen molar-refractivity contribution in [3.63, 3.8) is 0 Å². The van der Waals surface area contributed by atoms with Crippen molar-refractivity contribution in [2.45, 2.75) is 63.5 Å². The van der Waals surface area contributed by atoms with Crippen LogP contribution in [-0.2, 0) is 9.59 Å². The second-order valence-corrected chi connectivity index (χ2v) is 5.54. The number of carbonyl (C=O) groups is 2. The first kappa shape index (κ1) is 14.3. The highest BCUT2D eigenvalue weighted by Crippen LogP contribution is 2.26. The fourth-order valence-electron chi connectivity index (χ4n) is 3.07. The molecule has 4 heteroatoms. The van der Waals surface area contributed by atoms with Crippen LogP contribution in [-0.4, -0.2) is 35.3 Å². The maximum atomic E-state index is 12.3. The predicted molar refractivity (Wildman–Crippen MR) is 74.6 cm³/mol. The van der Waals surface area contributed by atoms with Crippen LogP contribution in [0.2, 0.25) is 0 Å². The molecule has 0 aromatic carbocycles. The molecule has 0 aromatic rings. The van der Waals surface area contributed by atoms with Gasteiger partial charge in [0.25, 0.3) is 0 Å². The molecule has 2 rings (SSSR count). The lowest BCUT2D eigenvalue weighted by Gasteiger charge is -2.25. The van der Waals surface area contributed by atoms with E-state index in [1.54, 1.807) is 4.90 Å². The number of hydrogen-bond acceptors (Lipinski definition) is 3. The van der Waals surface area contributed by atoms with Gasteiger partial charge in [-0.15, -0.1) is 6.58 Å². The minimum absolute atomic E-state index is 0.00741. The molecule has 1 unspecified atom stereocenters. The van der Waals surface area contributed by atoms with Crippen LogP contribution >= 0.6 is 0 Å². The van der Waals surface area contributed by atoms with Crippen molar-refractivity contribution in [2.24, 2.45) is 0 Å². The molecule has 1 atom stereocenters. The normalized spacial score (nSPS) is 25.7. The van der Waals surface area contributed by atoms with Gasteiger partial charge in [-0.25, -0.2) is 0 Å². The summed E-state index contributed by atoms with van der Waals surface area (Å²) in [5.41, 5.74) is 0. The third-order valence-corrected chi connectivity index (χ3v) is 4.11. The van der Waals surface area contributed by atoms with Crippen molar-refractivity contribution in [2.75, 3.05) is 6.54 Å². The Balaban J connectivity index is 1.94. The molecule has 1 aliphatic heterocycles. The van der Waals surface area contributed by atoms with Gasteiger partial charge in [0.05, 0.1) is 12.5 Å². The fraction of sp³-hybridized carbons (Fsp3) is 0.733. The fourth-order valence-corrected chi connectivity index (χ4v) is 3.07. The molecule has 1 aliphatic carbocycles. The largest absolute Gasteiger partial charge is 0.305 e. The smallest absolute Gasteiger partial charge is 0.247 e. The van der Waals surface area contributed by atoms with Crippen LogP contribution in [0.3, 0.4) is 0 Å². The molecule has 2 fully saturated rings. The summed E-state index contributed by atoms with van der Waals surface area (Å²) in [6.07, 6.45) is 9.66. The van der Waals surface area contributed by atoms with Crippen molar-refractivity contribution in [1.29, 1.82) is 0 Å². The molecule has 1 heterocycles. The maximum Gasteiger partial charge on any atom is 0.247 e. The third kappa shape index (κ3) is 3.44. The molecule has 1 N–H and O–H groups in total. The molecule has 0 bridgehead atoms. The van der Waals surface area contributed by atoms with Gasteiger partial charge in [-0.05, 0) is 25.8 Å². The van der Waals surface area contributed by atoms with Crippen molar-refractivity contribution >= 4 is 11.8 Å². The Morgan fingerprint density at radius 2 is 1.89 bits per heavy atom. The molecule has 0 aromatic heterocycles. The SMILES string of the molecule is C=CCCNC1CC(=O)N(C2CCCCCC2)C1=O. The molecule has 1 saturated carbocycles. The number of carbonyl (C=O) groups excluding carboxylic acids is 2. The van der Waals surface area contributed by atoms with Crippen LogP contribution in [0.15, 0.2) is 12.7 Å². The second-order valence-electron chi connectivity index (χ2n) is 5.54. The van der Waals surface area contributed by atoms with Gasteiger partial charge in [0, 0.05) is 6.04 Å². The Bertz CT molecular complexity index is 346. The number of likely N-dealkylation sites (tertiary alicyclic amines) is 1. The molecule has 4 nitrogen and oxygen atoms in total. The van der Waals surface area contributed by atoms with Gasteiger partial charge in [-0.3, -0.25) is 14.5 Å². The Labute approximate surface area is 115 Å². The number of amides is 2. The topological polar surface area (TPSA) is 49.4 Å². The van der Waals surface area contributed by atoms with Crippen LogP contribution < -0.4 is 5.32 Å². The van der Waals surface area contributed by atoms with Crippen LogP contribution in [0.25, 0.3) is 0 Å². The minimum Gasteiger partial charge on any atom is -0.305 e. The highest BCUT2D eigenvalue weighted by molar-refractivity contribution is 6.05. The van der Waals surface area contributed by atoms with E-state index in [0.717, 1.165) is 32.1 Å². The van der Waals surface area contributed by atoms with Gasteiger partial charge in [0.2, 0.25) is 11.8 Å². The standard InChI is InChI=1S/C15H24N2O2/c1-2-3-10-16-13-11-14(18)17(15(13)19)12-8-6-4-5-7-9-12/h2,12-13,16H,1,3-11H2. The van der Waals surface area contributed by atoms with E-state index in [1.807, 2.05) is 6.08 Å². The highest BCUT2D eigenvalue weighted by atomic mass is 16.2. The number of rotatable bonds is 5. The van der Waals surface area contributed by atoms with Crippen LogP contribution in [0.1, 0.15) is 51.4 Å². The van der Waals surface area contributed by atoms with Gasteiger partial charge in [0.1, 0.15) is 0 Å². The lowest BCUT2D eigenvalue weighted by molar-refractivity contribution is -0.141. The van der Waals surface area contributed by atoms with Gasteiger partial charge in [0.15, 0.2) is 0 Å². The van der Waals surface area contributed by atoms with Crippen LogP contribution in [0.4, 0.5) is 0 Å². The number of nitrogens with one attached hydrogen (secondary N) is 1. The molecule has 2 aliphatic rings. The average Bonchev–Trinajstić information content (AvgIpc) is 2.61. The Morgan fingerprint density at radius 3 is 2.53 bits per heavy atom. The number of hydrogen-bond donors (Lipinski definition) is 1. The van der Waals surface area contributed by atoms with Gasteiger partial charge < -0.3 is 5.32 Å². The van der Waals surface area contributed by atoms with Crippen molar-refractivity contribution in [3.8, 4) is 0 Å². The van der Waals surface area contributed by atoms with E-state index in [-0.39, 0.29) is 23.9 Å². The maximum absolute atomic E-state index is 12.3. The summed E-state index contributed by atoms with van der Waals surface area (Å²) < 4.78 is 0. The summed E-state index contributed by atoms with van der Waals surface area (Å²) in [7, 11) is 0. The molecule has 19 heavy (non-hydrogen) atoms. The molecule has 0 radical (unpaired) electrons. The predicted octanol–water partition coefficient (Wildman–Crippen LogP) is 2.00. The molecule has 1 saturated heterocycles. The first-order valence-electron chi connectivity index (χ1n) is 7.44. The van der Waals surface area contributed by atoms with Crippen molar-refractivity contribution in [3.05, 3.63) is 12.7 Å². The first-order chi connectivity index (χ1) is 9.24. The van der Waals surface area contributed by atoms with E-state index in [2.05, 4.69) is 11.9 Å². The monoisotopic (exact) mass is 264 g/mol. The van der Waals surface area contributed by atoms with E-state index in [0.29, 0.717) is 13.0 Å². The molecule has 2 amide bonds. The zero-order valence-corrected chi connectivity index (χ0v) is 11.6. The quantitative estimate of drug-likeness (QED) is 0.357. The second kappa shape index (κ2) is 6.85. The van der Waals surface area contributed by atoms with Gasteiger partial charge in [-0.1, -0.05) is 31.8 Å². The van der Waals surface area contributed by atoms with E-state index < -0.39 is 0 Å². The number of imide groups is 1. The van der Waals surface area contributed by atoms with Crippen LogP contribution in [0.5, 0.6) is 0 Å². The molecule has 0 spiro atoms. The van der Waals surface area contributed by atoms with Crippen molar-refractivity contribution in [1.82, 2.24) is 10.2 Å². The lowest BCUT2D eigenvalue weighted by Crippen LogP contribution is -2.44. The Kier molecular flexibility index (Phi) is 5.14. The molecular formula is C15H24N2O2. The highest BCUT2D eigenvalue weighted by Gasteiger charge is 2.41.